The summed E-state index contributed by atoms with van der Waals surface area (Å²) in [6.07, 6.45) is 0.242. The Balaban J connectivity index is 2.13. The first-order chi connectivity index (χ1) is 14.7. The topological polar surface area (TPSA) is 105 Å². The van der Waals surface area contributed by atoms with Gasteiger partial charge in [-0.25, -0.2) is 19.2 Å². The number of ether oxygens (including phenoxy) is 1. The molecular weight excluding hydrogens is 410 g/mol. The lowest BCUT2D eigenvalue weighted by Crippen LogP contribution is -2.62. The van der Waals surface area contributed by atoms with E-state index in [1.807, 2.05) is 7.05 Å². The zero-order valence-corrected chi connectivity index (χ0v) is 16.9. The van der Waals surface area contributed by atoms with Crippen molar-refractivity contribution in [3.05, 3.63) is 53.6 Å². The molecule has 2 amide bonds. The van der Waals surface area contributed by atoms with Crippen molar-refractivity contribution in [2.45, 2.75) is 25.0 Å². The van der Waals surface area contributed by atoms with E-state index < -0.39 is 29.9 Å². The molecule has 0 aliphatic carbocycles. The Labute approximate surface area is 177 Å². The van der Waals surface area contributed by atoms with Crippen LogP contribution in [0, 0.1) is 23.7 Å². The number of alkyl halides is 2. The van der Waals surface area contributed by atoms with Gasteiger partial charge in [0.1, 0.15) is 11.7 Å². The minimum Gasteiger partial charge on any atom is -0.370 e. The predicted octanol–water partition coefficient (Wildman–Crippen LogP) is 1.10. The van der Waals surface area contributed by atoms with Crippen LogP contribution in [0.2, 0.25) is 0 Å². The summed E-state index contributed by atoms with van der Waals surface area (Å²) >= 11 is 0. The number of hydrogen-bond donors (Lipinski definition) is 3. The van der Waals surface area contributed by atoms with Gasteiger partial charge in [0, 0.05) is 31.5 Å². The number of hydrogen-bond acceptors (Lipinski definition) is 5. The Kier molecular flexibility index (Phi) is 7.86. The lowest BCUT2D eigenvalue weighted by molar-refractivity contribution is -0.157. The van der Waals surface area contributed by atoms with E-state index in [2.05, 4.69) is 34.0 Å². The van der Waals surface area contributed by atoms with Crippen LogP contribution in [0.25, 0.3) is 0 Å². The number of methoxy groups -OCH3 is 1. The maximum atomic E-state index is 13.4. The van der Waals surface area contributed by atoms with Crippen molar-refractivity contribution >= 4 is 11.8 Å². The minimum absolute atomic E-state index is 0.0913. The van der Waals surface area contributed by atoms with Crippen molar-refractivity contribution in [2.75, 3.05) is 7.11 Å². The van der Waals surface area contributed by atoms with E-state index >= 15 is 0 Å². The summed E-state index contributed by atoms with van der Waals surface area (Å²) in [5, 5.41) is 11.0. The summed E-state index contributed by atoms with van der Waals surface area (Å²) in [4.78, 5) is 28.4. The first kappa shape index (κ1) is 23.5. The summed E-state index contributed by atoms with van der Waals surface area (Å²) < 4.78 is 33.4. The van der Waals surface area contributed by atoms with Gasteiger partial charge in [-0.3, -0.25) is 14.8 Å². The summed E-state index contributed by atoms with van der Waals surface area (Å²) in [6.45, 7) is 0.947. The second-order valence-corrected chi connectivity index (χ2v) is 6.57. The number of benzene rings is 1. The van der Waals surface area contributed by atoms with E-state index in [0.717, 1.165) is 14.0 Å². The smallest absolute Gasteiger partial charge is 0.269 e. The quantitative estimate of drug-likeness (QED) is 0.362. The SMILES string of the molecule is COC(C)(C(F)F)[C@H](NC(=O)c1ccc(C#CC#Cc2cn(C)cn2)cc1)C(=O)NO. The van der Waals surface area contributed by atoms with Crippen molar-refractivity contribution in [3.63, 3.8) is 0 Å². The van der Waals surface area contributed by atoms with E-state index in [9.17, 15) is 18.4 Å². The Hall–Kier alpha value is -3.73. The number of hydroxylamine groups is 1. The van der Waals surface area contributed by atoms with Gasteiger partial charge < -0.3 is 14.6 Å². The zero-order chi connectivity index (χ0) is 23.0. The zero-order valence-electron chi connectivity index (χ0n) is 16.9. The Morgan fingerprint density at radius 3 is 2.39 bits per heavy atom. The van der Waals surface area contributed by atoms with Crippen LogP contribution in [0.1, 0.15) is 28.5 Å². The molecule has 1 unspecified atom stereocenters. The lowest BCUT2D eigenvalue weighted by Gasteiger charge is -2.34. The molecule has 0 radical (unpaired) electrons. The number of nitrogens with one attached hydrogen (secondary N) is 2. The van der Waals surface area contributed by atoms with Gasteiger partial charge in [0.2, 0.25) is 0 Å². The number of aromatic nitrogens is 2. The molecule has 0 aliphatic heterocycles. The third-order valence-corrected chi connectivity index (χ3v) is 4.41. The van der Waals surface area contributed by atoms with Crippen molar-refractivity contribution < 1.29 is 28.3 Å². The van der Waals surface area contributed by atoms with Crippen LogP contribution in [0.4, 0.5) is 8.78 Å². The molecule has 0 saturated heterocycles. The number of carbonyl (C=O) groups is 2. The number of halogens is 2. The highest BCUT2D eigenvalue weighted by molar-refractivity contribution is 5.97. The van der Waals surface area contributed by atoms with E-state index in [4.69, 9.17) is 9.94 Å². The lowest BCUT2D eigenvalue weighted by atomic mass is 9.95. The molecule has 2 rings (SSSR count). The fraction of sp³-hybridized carbons (Fsp3) is 0.286. The molecule has 0 aliphatic rings. The molecule has 31 heavy (non-hydrogen) atoms. The molecule has 1 aromatic heterocycles. The van der Waals surface area contributed by atoms with Crippen molar-refractivity contribution in [2.24, 2.45) is 7.05 Å². The van der Waals surface area contributed by atoms with Crippen LogP contribution in [0.5, 0.6) is 0 Å². The Morgan fingerprint density at radius 2 is 1.87 bits per heavy atom. The highest BCUT2D eigenvalue weighted by Crippen LogP contribution is 2.24. The molecule has 0 saturated carbocycles. The van der Waals surface area contributed by atoms with Crippen LogP contribution in [0.15, 0.2) is 36.8 Å². The number of rotatable bonds is 6. The highest BCUT2D eigenvalue weighted by atomic mass is 19.3. The molecule has 8 nitrogen and oxygen atoms in total. The van der Waals surface area contributed by atoms with Crippen LogP contribution < -0.4 is 10.8 Å². The third-order valence-electron chi connectivity index (χ3n) is 4.41. The average Bonchev–Trinajstić information content (AvgIpc) is 3.19. The maximum Gasteiger partial charge on any atom is 0.269 e. The van der Waals surface area contributed by atoms with Gasteiger partial charge in [-0.1, -0.05) is 5.92 Å². The summed E-state index contributed by atoms with van der Waals surface area (Å²) in [7, 11) is 2.80. The summed E-state index contributed by atoms with van der Waals surface area (Å²) in [6, 6.07) is 4.04. The van der Waals surface area contributed by atoms with Crippen LogP contribution in [-0.2, 0) is 16.6 Å². The molecule has 3 N–H and O–H groups in total. The fourth-order valence-corrected chi connectivity index (χ4v) is 2.46. The van der Waals surface area contributed by atoms with Crippen molar-refractivity contribution in [1.82, 2.24) is 20.3 Å². The molecule has 2 atom stereocenters. The van der Waals surface area contributed by atoms with Crippen molar-refractivity contribution in [3.8, 4) is 23.7 Å². The monoisotopic (exact) mass is 430 g/mol. The van der Waals surface area contributed by atoms with Crippen molar-refractivity contribution in [1.29, 1.82) is 0 Å². The minimum atomic E-state index is -3.12. The second-order valence-electron chi connectivity index (χ2n) is 6.57. The Bertz CT molecular complexity index is 1060. The van der Waals surface area contributed by atoms with Gasteiger partial charge >= 0.3 is 0 Å². The average molecular weight is 430 g/mol. The molecule has 10 heteroatoms. The van der Waals surface area contributed by atoms with Gasteiger partial charge in [0.15, 0.2) is 5.60 Å². The van der Waals surface area contributed by atoms with Crippen LogP contribution >= 0.6 is 0 Å². The first-order valence-corrected chi connectivity index (χ1v) is 8.89. The van der Waals surface area contributed by atoms with E-state index in [1.165, 1.54) is 29.7 Å². The number of imidazole rings is 1. The number of aryl methyl sites for hydroxylation is 1. The number of amides is 2. The van der Waals surface area contributed by atoms with Crippen LogP contribution in [0.3, 0.4) is 0 Å². The molecule has 1 heterocycles. The van der Waals surface area contributed by atoms with Gasteiger partial charge in [-0.15, -0.1) is 0 Å². The van der Waals surface area contributed by atoms with Gasteiger partial charge in [-0.05, 0) is 49.0 Å². The molecule has 1 aromatic carbocycles. The standard InChI is InChI=1S/C21H20F2N4O4/c1-21(31-3,20(22)23)17(19(29)26-30)25-18(28)15-10-8-14(9-11-15)6-4-5-7-16-12-27(2)13-24-16/h8-13,17,20,30H,1-3H3,(H,25,28)(H,26,29)/t17-,21?/m1/s1. The van der Waals surface area contributed by atoms with Gasteiger partial charge in [0.25, 0.3) is 18.2 Å². The Morgan fingerprint density at radius 1 is 1.23 bits per heavy atom. The molecule has 0 spiro atoms. The molecule has 162 valence electrons. The number of nitrogens with zero attached hydrogens (tertiary/aromatic N) is 2. The number of carbonyl (C=O) groups excluding carboxylic acids is 2. The molecule has 2 aromatic rings. The highest BCUT2D eigenvalue weighted by Gasteiger charge is 2.48. The fourth-order valence-electron chi connectivity index (χ4n) is 2.46. The second kappa shape index (κ2) is 10.3. The van der Waals surface area contributed by atoms with Gasteiger partial charge in [0.05, 0.1) is 6.33 Å². The third kappa shape index (κ3) is 5.89. The van der Waals surface area contributed by atoms with Crippen LogP contribution in [-0.4, -0.2) is 51.8 Å². The van der Waals surface area contributed by atoms with E-state index in [-0.39, 0.29) is 5.56 Å². The van der Waals surface area contributed by atoms with E-state index in [0.29, 0.717) is 11.3 Å². The molecular formula is C21H20F2N4O4. The summed E-state index contributed by atoms with van der Waals surface area (Å²) in [5.41, 5.74) is 0.136. The normalized spacial score (nSPS) is 13.1. The molecule has 0 bridgehead atoms. The summed E-state index contributed by atoms with van der Waals surface area (Å²) in [5.74, 6) is 8.84. The van der Waals surface area contributed by atoms with E-state index in [1.54, 1.807) is 17.1 Å². The first-order valence-electron chi connectivity index (χ1n) is 8.89. The molecule has 0 fully saturated rings. The maximum absolute atomic E-state index is 13.4. The van der Waals surface area contributed by atoms with Gasteiger partial charge in [-0.2, -0.15) is 0 Å². The predicted molar refractivity (Wildman–Crippen MR) is 106 cm³/mol. The largest absolute Gasteiger partial charge is 0.370 e.